The molecule has 2 heterocycles. The van der Waals surface area contributed by atoms with Crippen molar-refractivity contribution < 1.29 is 4.79 Å². The molecule has 6 nitrogen and oxygen atoms in total. The summed E-state index contributed by atoms with van der Waals surface area (Å²) < 4.78 is 2.00. The Labute approximate surface area is 178 Å². The minimum absolute atomic E-state index is 0.0435. The number of rotatable bonds is 6. The summed E-state index contributed by atoms with van der Waals surface area (Å²) >= 11 is 7.36. The van der Waals surface area contributed by atoms with Gasteiger partial charge in [-0.2, -0.15) is 5.10 Å². The van der Waals surface area contributed by atoms with Gasteiger partial charge in [-0.3, -0.25) is 4.79 Å². The summed E-state index contributed by atoms with van der Waals surface area (Å²) in [6.45, 7) is 2.74. The van der Waals surface area contributed by atoms with Crippen LogP contribution in [0.4, 0.5) is 0 Å². The number of thioether (sulfide) groups is 1. The van der Waals surface area contributed by atoms with Crippen LogP contribution in [-0.2, 0) is 11.3 Å². The van der Waals surface area contributed by atoms with Crippen LogP contribution in [0.5, 0.6) is 0 Å². The van der Waals surface area contributed by atoms with Crippen LogP contribution in [0.15, 0.2) is 64.9 Å². The van der Waals surface area contributed by atoms with Crippen molar-refractivity contribution in [3.05, 3.63) is 65.2 Å². The Balaban J connectivity index is 1.47. The van der Waals surface area contributed by atoms with Crippen molar-refractivity contribution in [2.45, 2.75) is 31.1 Å². The van der Waals surface area contributed by atoms with E-state index in [1.165, 1.54) is 11.8 Å². The van der Waals surface area contributed by atoms with Gasteiger partial charge in [0.25, 0.3) is 5.91 Å². The van der Waals surface area contributed by atoms with Crippen LogP contribution in [0.25, 0.3) is 11.4 Å². The maximum Gasteiger partial charge on any atom is 0.253 e. The number of hydrazone groups is 1. The maximum atomic E-state index is 12.8. The van der Waals surface area contributed by atoms with Gasteiger partial charge in [-0.25, -0.2) is 5.01 Å². The second kappa shape index (κ2) is 8.80. The normalized spacial score (nSPS) is 15.8. The zero-order chi connectivity index (χ0) is 20.2. The number of benzene rings is 2. The number of aromatic nitrogens is 3. The summed E-state index contributed by atoms with van der Waals surface area (Å²) in [5, 5.41) is 15.9. The highest BCUT2D eigenvalue weighted by Gasteiger charge is 2.28. The molecule has 0 N–H and O–H groups in total. The van der Waals surface area contributed by atoms with Gasteiger partial charge in [-0.05, 0) is 36.8 Å². The molecule has 2 aromatic carbocycles. The smallest absolute Gasteiger partial charge is 0.253 e. The zero-order valence-corrected chi connectivity index (χ0v) is 17.5. The number of hydrogen-bond donors (Lipinski definition) is 0. The highest BCUT2D eigenvalue weighted by Crippen LogP contribution is 2.30. The predicted molar refractivity (Wildman–Crippen MR) is 116 cm³/mol. The Bertz CT molecular complexity index is 1020. The lowest BCUT2D eigenvalue weighted by Crippen LogP contribution is -2.28. The standard InChI is InChI=1S/C21H20ClN5OS/c1-2-26-20(16-8-10-17(22)11-9-16)24-25-21(26)29-14-19(28)27-18(12-13-23-27)15-6-4-3-5-7-15/h3-11,13,18H,2,12,14H2,1H3/t18-/m0/s1. The van der Waals surface area contributed by atoms with Crippen LogP contribution in [0.2, 0.25) is 5.02 Å². The van der Waals surface area contributed by atoms with E-state index in [-0.39, 0.29) is 17.7 Å². The molecule has 3 aromatic rings. The van der Waals surface area contributed by atoms with E-state index in [2.05, 4.69) is 15.3 Å². The number of carbonyl (C=O) groups is 1. The molecule has 1 aromatic heterocycles. The Morgan fingerprint density at radius 1 is 1.14 bits per heavy atom. The van der Waals surface area contributed by atoms with E-state index in [1.807, 2.05) is 66.1 Å². The highest BCUT2D eigenvalue weighted by atomic mass is 35.5. The first-order chi connectivity index (χ1) is 14.2. The molecular formula is C21H20ClN5OS. The fraction of sp³-hybridized carbons (Fsp3) is 0.238. The molecule has 0 spiro atoms. The molecule has 0 unspecified atom stereocenters. The number of amides is 1. The lowest BCUT2D eigenvalue weighted by atomic mass is 10.0. The zero-order valence-electron chi connectivity index (χ0n) is 15.9. The molecular weight excluding hydrogens is 406 g/mol. The van der Waals surface area contributed by atoms with Gasteiger partial charge in [-0.15, -0.1) is 10.2 Å². The fourth-order valence-corrected chi connectivity index (χ4v) is 4.27. The van der Waals surface area contributed by atoms with Crippen molar-refractivity contribution in [1.29, 1.82) is 0 Å². The van der Waals surface area contributed by atoms with Gasteiger partial charge in [0.1, 0.15) is 0 Å². The number of hydrogen-bond acceptors (Lipinski definition) is 5. The quantitative estimate of drug-likeness (QED) is 0.538. The molecule has 148 valence electrons. The van der Waals surface area contributed by atoms with Gasteiger partial charge < -0.3 is 4.57 Å². The summed E-state index contributed by atoms with van der Waals surface area (Å²) in [6, 6.07) is 17.4. The van der Waals surface area contributed by atoms with Crippen LogP contribution in [0.3, 0.4) is 0 Å². The minimum Gasteiger partial charge on any atom is -0.302 e. The van der Waals surface area contributed by atoms with Gasteiger partial charge in [0, 0.05) is 29.8 Å². The van der Waals surface area contributed by atoms with Crippen molar-refractivity contribution in [2.75, 3.05) is 5.75 Å². The molecule has 1 aliphatic rings. The van der Waals surface area contributed by atoms with Gasteiger partial charge in [-0.1, -0.05) is 53.7 Å². The third kappa shape index (κ3) is 4.21. The van der Waals surface area contributed by atoms with Gasteiger partial charge in [0.2, 0.25) is 0 Å². The van der Waals surface area contributed by atoms with Crippen LogP contribution < -0.4 is 0 Å². The molecule has 1 amide bonds. The summed E-state index contributed by atoms with van der Waals surface area (Å²) in [5.41, 5.74) is 2.03. The van der Waals surface area contributed by atoms with Crippen molar-refractivity contribution in [3.8, 4) is 11.4 Å². The Morgan fingerprint density at radius 2 is 1.90 bits per heavy atom. The molecule has 0 bridgehead atoms. The average molecular weight is 426 g/mol. The first kappa shape index (κ1) is 19.7. The first-order valence-corrected chi connectivity index (χ1v) is 10.7. The highest BCUT2D eigenvalue weighted by molar-refractivity contribution is 7.99. The summed E-state index contributed by atoms with van der Waals surface area (Å²) in [5.74, 6) is 0.969. The van der Waals surface area contributed by atoms with E-state index in [9.17, 15) is 4.79 Å². The molecule has 0 aliphatic carbocycles. The van der Waals surface area contributed by atoms with Gasteiger partial charge in [0.15, 0.2) is 11.0 Å². The molecule has 1 aliphatic heterocycles. The van der Waals surface area contributed by atoms with Crippen LogP contribution in [0.1, 0.15) is 24.9 Å². The van der Waals surface area contributed by atoms with Crippen LogP contribution in [-0.4, -0.2) is 37.6 Å². The Morgan fingerprint density at radius 3 is 2.62 bits per heavy atom. The summed E-state index contributed by atoms with van der Waals surface area (Å²) in [7, 11) is 0. The van der Waals surface area contributed by atoms with Crippen LogP contribution >= 0.6 is 23.4 Å². The fourth-order valence-electron chi connectivity index (χ4n) is 3.29. The first-order valence-electron chi connectivity index (χ1n) is 9.38. The predicted octanol–water partition coefficient (Wildman–Crippen LogP) is 4.67. The topological polar surface area (TPSA) is 63.4 Å². The van der Waals surface area contributed by atoms with Crippen molar-refractivity contribution in [3.63, 3.8) is 0 Å². The largest absolute Gasteiger partial charge is 0.302 e. The molecule has 0 radical (unpaired) electrons. The molecule has 0 saturated heterocycles. The second-order valence-corrected chi connectivity index (χ2v) is 7.92. The molecule has 0 saturated carbocycles. The van der Waals surface area contributed by atoms with E-state index < -0.39 is 0 Å². The van der Waals surface area contributed by atoms with E-state index in [1.54, 1.807) is 11.2 Å². The van der Waals surface area contributed by atoms with E-state index in [0.717, 1.165) is 23.4 Å². The molecule has 8 heteroatoms. The van der Waals surface area contributed by atoms with Crippen molar-refractivity contribution in [1.82, 2.24) is 19.8 Å². The summed E-state index contributed by atoms with van der Waals surface area (Å²) in [4.78, 5) is 12.8. The maximum absolute atomic E-state index is 12.8. The van der Waals surface area contributed by atoms with E-state index in [4.69, 9.17) is 11.6 Å². The van der Waals surface area contributed by atoms with Crippen molar-refractivity contribution >= 4 is 35.5 Å². The van der Waals surface area contributed by atoms with E-state index in [0.29, 0.717) is 16.7 Å². The average Bonchev–Trinajstić information content (AvgIpc) is 3.40. The van der Waals surface area contributed by atoms with Gasteiger partial charge >= 0.3 is 0 Å². The Hall–Kier alpha value is -2.64. The molecule has 1 atom stereocenters. The third-order valence-corrected chi connectivity index (χ3v) is 5.93. The second-order valence-electron chi connectivity index (χ2n) is 6.54. The lowest BCUT2D eigenvalue weighted by Gasteiger charge is -2.22. The van der Waals surface area contributed by atoms with Gasteiger partial charge in [0.05, 0.1) is 11.8 Å². The Kier molecular flexibility index (Phi) is 5.97. The minimum atomic E-state index is -0.0451. The SMILES string of the molecule is CCn1c(SCC(=O)N2N=CC[C@H]2c2ccccc2)nnc1-c1ccc(Cl)cc1. The third-order valence-electron chi connectivity index (χ3n) is 4.73. The lowest BCUT2D eigenvalue weighted by molar-refractivity contribution is -0.130. The molecule has 0 fully saturated rings. The summed E-state index contributed by atoms with van der Waals surface area (Å²) in [6.07, 6.45) is 2.53. The number of carbonyl (C=O) groups excluding carboxylic acids is 1. The van der Waals surface area contributed by atoms with Crippen LogP contribution in [0, 0.1) is 0 Å². The number of nitrogens with zero attached hydrogens (tertiary/aromatic N) is 5. The van der Waals surface area contributed by atoms with Crippen molar-refractivity contribution in [2.24, 2.45) is 5.10 Å². The van der Waals surface area contributed by atoms with E-state index >= 15 is 0 Å². The number of halogens is 1. The molecule has 4 rings (SSSR count). The monoisotopic (exact) mass is 425 g/mol. The molecule has 29 heavy (non-hydrogen) atoms.